The molecule has 2 nitrogen and oxygen atoms in total. The van der Waals surface area contributed by atoms with Crippen LogP contribution in [0.1, 0.15) is 18.1 Å². The minimum absolute atomic E-state index is 0.0441. The molecular weight excluding hydrogens is 473 g/mol. The fraction of sp³-hybridized carbons (Fsp3) is 0.217. The Labute approximate surface area is 188 Å². The molecule has 1 heterocycles. The van der Waals surface area contributed by atoms with Crippen LogP contribution in [0.5, 0.6) is 5.75 Å². The van der Waals surface area contributed by atoms with Crippen LogP contribution in [-0.4, -0.2) is 11.9 Å². The second kappa shape index (κ2) is 8.81. The number of halogens is 7. The second-order valence-electron chi connectivity index (χ2n) is 7.19. The van der Waals surface area contributed by atoms with Crippen LogP contribution in [0, 0.1) is 35.0 Å². The van der Waals surface area contributed by atoms with Crippen molar-refractivity contribution in [1.82, 2.24) is 0 Å². The summed E-state index contributed by atoms with van der Waals surface area (Å²) < 4.78 is 107. The van der Waals surface area contributed by atoms with Crippen LogP contribution in [0.4, 0.5) is 30.7 Å². The van der Waals surface area contributed by atoms with Gasteiger partial charge in [0.25, 0.3) is 0 Å². The van der Waals surface area contributed by atoms with E-state index in [2.05, 4.69) is 4.74 Å². The lowest BCUT2D eigenvalue weighted by Crippen LogP contribution is -2.25. The Morgan fingerprint density at radius 2 is 1.55 bits per heavy atom. The lowest BCUT2D eigenvalue weighted by atomic mass is 9.98. The van der Waals surface area contributed by atoms with Crippen molar-refractivity contribution in [3.8, 4) is 5.75 Å². The monoisotopic (exact) mass is 488 g/mol. The smallest absolute Gasteiger partial charge is 0.432 e. The van der Waals surface area contributed by atoms with Gasteiger partial charge >= 0.3 is 6.11 Å². The van der Waals surface area contributed by atoms with Gasteiger partial charge in [-0.2, -0.15) is 8.78 Å². The number of hydrogen-bond donors (Lipinski definition) is 0. The Balaban J connectivity index is 1.60. The molecule has 174 valence electrons. The van der Waals surface area contributed by atoms with Gasteiger partial charge in [0, 0.05) is 28.2 Å². The Morgan fingerprint density at radius 1 is 0.909 bits per heavy atom. The van der Waals surface area contributed by atoms with E-state index >= 15 is 0 Å². The molecule has 0 aromatic heterocycles. The summed E-state index contributed by atoms with van der Waals surface area (Å²) in [6, 6.07) is 1.76. The van der Waals surface area contributed by atoms with E-state index in [1.165, 1.54) is 11.8 Å². The van der Waals surface area contributed by atoms with Gasteiger partial charge in [0.05, 0.1) is 6.61 Å². The summed E-state index contributed by atoms with van der Waals surface area (Å²) >= 11 is 1.30. The summed E-state index contributed by atoms with van der Waals surface area (Å²) in [6.07, 6.45) is 2.66. The Hall–Kier alpha value is -2.88. The van der Waals surface area contributed by atoms with Crippen LogP contribution in [0.3, 0.4) is 0 Å². The molecule has 33 heavy (non-hydrogen) atoms. The van der Waals surface area contributed by atoms with Crippen molar-refractivity contribution in [2.24, 2.45) is 5.92 Å². The minimum Gasteiger partial charge on any atom is -0.494 e. The molecule has 10 heteroatoms. The largest absolute Gasteiger partial charge is 0.494 e. The van der Waals surface area contributed by atoms with Crippen LogP contribution < -0.4 is 4.74 Å². The van der Waals surface area contributed by atoms with E-state index in [1.807, 2.05) is 19.1 Å². The normalized spacial score (nSPS) is 19.8. The summed E-state index contributed by atoms with van der Waals surface area (Å²) in [5.74, 6) is -9.24. The molecule has 2 aromatic rings. The van der Waals surface area contributed by atoms with Gasteiger partial charge in [-0.15, -0.1) is 11.8 Å². The third kappa shape index (κ3) is 4.62. The zero-order valence-corrected chi connectivity index (χ0v) is 17.7. The first-order chi connectivity index (χ1) is 15.6. The predicted molar refractivity (Wildman–Crippen MR) is 109 cm³/mol. The molecule has 0 bridgehead atoms. The highest BCUT2D eigenvalue weighted by Crippen LogP contribution is 2.47. The molecule has 2 unspecified atom stereocenters. The predicted octanol–water partition coefficient (Wildman–Crippen LogP) is 7.07. The molecule has 2 aliphatic rings. The molecule has 4 rings (SSSR count). The van der Waals surface area contributed by atoms with Crippen LogP contribution in [0.15, 0.2) is 54.3 Å². The summed E-state index contributed by atoms with van der Waals surface area (Å²) in [5, 5.41) is -0.0783. The van der Waals surface area contributed by atoms with E-state index in [4.69, 9.17) is 4.74 Å². The van der Waals surface area contributed by atoms with Crippen molar-refractivity contribution in [1.29, 1.82) is 0 Å². The Bertz CT molecular complexity index is 1140. The number of rotatable bonds is 6. The lowest BCUT2D eigenvalue weighted by Gasteiger charge is -2.20. The summed E-state index contributed by atoms with van der Waals surface area (Å²) in [7, 11) is 0. The number of allylic oxidation sites excluding steroid dienone is 3. The van der Waals surface area contributed by atoms with Gasteiger partial charge in [0.2, 0.25) is 0 Å². The molecule has 0 N–H and O–H groups in total. The summed E-state index contributed by atoms with van der Waals surface area (Å²) in [4.78, 5) is 0.486. The van der Waals surface area contributed by atoms with Gasteiger partial charge in [-0.25, -0.2) is 22.0 Å². The number of hydrogen-bond acceptors (Lipinski definition) is 3. The highest BCUT2D eigenvalue weighted by atomic mass is 32.2. The molecule has 0 radical (unpaired) electrons. The maximum atomic E-state index is 14.6. The molecule has 0 spiro atoms. The zero-order chi connectivity index (χ0) is 23.9. The average molecular weight is 488 g/mol. The topological polar surface area (TPSA) is 18.5 Å². The van der Waals surface area contributed by atoms with E-state index < -0.39 is 46.5 Å². The van der Waals surface area contributed by atoms with Crippen molar-refractivity contribution in [2.45, 2.75) is 18.3 Å². The first-order valence-corrected chi connectivity index (χ1v) is 10.6. The van der Waals surface area contributed by atoms with E-state index in [9.17, 15) is 30.7 Å². The van der Waals surface area contributed by atoms with E-state index in [1.54, 1.807) is 12.2 Å². The standard InChI is InChI=1S/C23H15F7O2S/c1-2-31-13-4-3-11-7-19(33-20(11)10-13)12-5-15(24)21(16(25)6-12)23(29,30)32-14-8-17(26)22(28)18(27)9-14/h3-11,20H,2H2,1H3. The fourth-order valence-electron chi connectivity index (χ4n) is 3.48. The van der Waals surface area contributed by atoms with Gasteiger partial charge in [0.1, 0.15) is 28.7 Å². The van der Waals surface area contributed by atoms with Crippen LogP contribution in [0.25, 0.3) is 4.91 Å². The maximum absolute atomic E-state index is 14.6. The third-order valence-electron chi connectivity index (χ3n) is 4.93. The fourth-order valence-corrected chi connectivity index (χ4v) is 4.79. The Kier molecular flexibility index (Phi) is 6.22. The number of ether oxygens (including phenoxy) is 2. The first kappa shape index (κ1) is 23.3. The van der Waals surface area contributed by atoms with Gasteiger partial charge in [-0.1, -0.05) is 12.2 Å². The third-order valence-corrected chi connectivity index (χ3v) is 6.28. The first-order valence-electron chi connectivity index (χ1n) is 9.71. The number of alkyl halides is 2. The van der Waals surface area contributed by atoms with E-state index in [0.29, 0.717) is 17.3 Å². The molecule has 2 aromatic carbocycles. The SMILES string of the molecule is CCOC1=CC2SC(c3cc(F)c(C(F)(F)Oc4cc(F)c(F)c(F)c4)c(F)c3)=CC2C=C1. The molecular formula is C23H15F7O2S. The lowest BCUT2D eigenvalue weighted by molar-refractivity contribution is -0.189. The number of fused-ring (bicyclic) bond motifs is 1. The maximum Gasteiger partial charge on any atom is 0.432 e. The van der Waals surface area contributed by atoms with E-state index in [0.717, 1.165) is 12.1 Å². The van der Waals surface area contributed by atoms with E-state index in [-0.39, 0.29) is 28.9 Å². The summed E-state index contributed by atoms with van der Waals surface area (Å²) in [5.41, 5.74) is -1.70. The summed E-state index contributed by atoms with van der Waals surface area (Å²) in [6.45, 7) is 2.31. The van der Waals surface area contributed by atoms with Crippen LogP contribution in [0.2, 0.25) is 0 Å². The molecule has 0 fully saturated rings. The Morgan fingerprint density at radius 3 is 2.15 bits per heavy atom. The highest BCUT2D eigenvalue weighted by Gasteiger charge is 2.42. The van der Waals surface area contributed by atoms with Gasteiger partial charge in [-0.05, 0) is 36.8 Å². The van der Waals surface area contributed by atoms with Gasteiger partial charge in [0.15, 0.2) is 17.5 Å². The van der Waals surface area contributed by atoms with Crippen molar-refractivity contribution < 1.29 is 40.2 Å². The van der Waals surface area contributed by atoms with Gasteiger partial charge in [-0.3, -0.25) is 0 Å². The number of thioether (sulfide) groups is 1. The van der Waals surface area contributed by atoms with Crippen molar-refractivity contribution >= 4 is 16.7 Å². The molecule has 1 aliphatic carbocycles. The quantitative estimate of drug-likeness (QED) is 0.320. The van der Waals surface area contributed by atoms with Crippen molar-refractivity contribution in [3.05, 3.63) is 94.5 Å². The zero-order valence-electron chi connectivity index (χ0n) is 16.9. The number of benzene rings is 2. The molecule has 0 saturated carbocycles. The highest BCUT2D eigenvalue weighted by molar-refractivity contribution is 8.09. The minimum atomic E-state index is -4.63. The molecule has 0 amide bonds. The molecule has 2 atom stereocenters. The second-order valence-corrected chi connectivity index (χ2v) is 8.41. The average Bonchev–Trinajstić information content (AvgIpc) is 3.14. The van der Waals surface area contributed by atoms with Gasteiger partial charge < -0.3 is 9.47 Å². The van der Waals surface area contributed by atoms with Crippen LogP contribution >= 0.6 is 11.8 Å². The van der Waals surface area contributed by atoms with Crippen LogP contribution in [-0.2, 0) is 10.8 Å². The molecule has 0 saturated heterocycles. The van der Waals surface area contributed by atoms with Crippen molar-refractivity contribution in [2.75, 3.05) is 6.61 Å². The molecule has 1 aliphatic heterocycles. The van der Waals surface area contributed by atoms with Crippen molar-refractivity contribution in [3.63, 3.8) is 0 Å².